The Balaban J connectivity index is 3.54. The predicted molar refractivity (Wildman–Crippen MR) is 75.2 cm³/mol. The van der Waals surface area contributed by atoms with E-state index in [0.29, 0.717) is 6.67 Å². The molecule has 104 valence electrons. The Kier molecular flexibility index (Phi) is 11.2. The van der Waals surface area contributed by atoms with Crippen molar-refractivity contribution < 1.29 is 8.85 Å². The Labute approximate surface area is 107 Å². The van der Waals surface area contributed by atoms with Crippen LogP contribution in [0.15, 0.2) is 0 Å². The molecule has 0 rings (SSSR count). The SMILES string of the molecule is CCO[Si](C)(CCCCCCNCN)OCC. The molecule has 0 spiro atoms. The molecule has 0 saturated heterocycles. The Morgan fingerprint density at radius 2 is 1.59 bits per heavy atom. The van der Waals surface area contributed by atoms with Gasteiger partial charge in [-0.25, -0.2) is 0 Å². The van der Waals surface area contributed by atoms with E-state index in [1.54, 1.807) is 0 Å². The number of nitrogens with one attached hydrogen (secondary N) is 1. The minimum absolute atomic E-state index is 0.583. The molecule has 0 aromatic heterocycles. The summed E-state index contributed by atoms with van der Waals surface area (Å²) >= 11 is 0. The lowest BCUT2D eigenvalue weighted by Crippen LogP contribution is -2.38. The van der Waals surface area contributed by atoms with Crippen molar-refractivity contribution in [2.75, 3.05) is 26.4 Å². The number of nitrogens with two attached hydrogens (primary N) is 1. The Hall–Kier alpha value is 0.0569. The summed E-state index contributed by atoms with van der Waals surface area (Å²) in [5, 5.41) is 3.13. The van der Waals surface area contributed by atoms with Crippen molar-refractivity contribution in [2.24, 2.45) is 5.73 Å². The van der Waals surface area contributed by atoms with Crippen molar-refractivity contribution in [1.82, 2.24) is 5.32 Å². The molecule has 0 radical (unpaired) electrons. The molecule has 0 saturated carbocycles. The van der Waals surface area contributed by atoms with Gasteiger partial charge in [-0.2, -0.15) is 0 Å². The molecule has 0 aromatic rings. The largest absolute Gasteiger partial charge is 0.395 e. The van der Waals surface area contributed by atoms with Crippen LogP contribution in [0.4, 0.5) is 0 Å². The number of hydrogen-bond acceptors (Lipinski definition) is 4. The van der Waals surface area contributed by atoms with E-state index >= 15 is 0 Å². The lowest BCUT2D eigenvalue weighted by Gasteiger charge is -2.25. The molecule has 4 nitrogen and oxygen atoms in total. The third kappa shape index (κ3) is 9.73. The topological polar surface area (TPSA) is 56.5 Å². The quantitative estimate of drug-likeness (QED) is 0.322. The van der Waals surface area contributed by atoms with Crippen LogP contribution in [0.1, 0.15) is 39.5 Å². The highest BCUT2D eigenvalue weighted by Crippen LogP contribution is 2.18. The van der Waals surface area contributed by atoms with E-state index in [1.165, 1.54) is 25.7 Å². The molecule has 0 unspecified atom stereocenters. The summed E-state index contributed by atoms with van der Waals surface area (Å²) in [7, 11) is -1.86. The minimum Gasteiger partial charge on any atom is -0.395 e. The fourth-order valence-corrected chi connectivity index (χ4v) is 4.43. The van der Waals surface area contributed by atoms with Gasteiger partial charge in [0.25, 0.3) is 0 Å². The van der Waals surface area contributed by atoms with E-state index < -0.39 is 8.56 Å². The van der Waals surface area contributed by atoms with Crippen LogP contribution in [0.3, 0.4) is 0 Å². The van der Waals surface area contributed by atoms with Crippen molar-refractivity contribution in [3.63, 3.8) is 0 Å². The summed E-state index contributed by atoms with van der Waals surface area (Å²) in [5.74, 6) is 0. The molecule has 0 atom stereocenters. The zero-order chi connectivity index (χ0) is 13.0. The summed E-state index contributed by atoms with van der Waals surface area (Å²) in [6.07, 6.45) is 4.94. The summed E-state index contributed by atoms with van der Waals surface area (Å²) in [5.41, 5.74) is 5.35. The van der Waals surface area contributed by atoms with E-state index in [1.807, 2.05) is 13.8 Å². The highest BCUT2D eigenvalue weighted by Gasteiger charge is 2.29. The van der Waals surface area contributed by atoms with Crippen LogP contribution in [0.25, 0.3) is 0 Å². The highest BCUT2D eigenvalue weighted by atomic mass is 28.4. The molecule has 0 amide bonds. The van der Waals surface area contributed by atoms with E-state index in [-0.39, 0.29) is 0 Å². The van der Waals surface area contributed by atoms with Gasteiger partial charge in [-0.05, 0) is 39.4 Å². The van der Waals surface area contributed by atoms with Gasteiger partial charge in [0, 0.05) is 19.9 Å². The molecule has 0 bridgehead atoms. The maximum Gasteiger partial charge on any atom is 0.334 e. The van der Waals surface area contributed by atoms with Crippen molar-refractivity contribution in [1.29, 1.82) is 0 Å². The van der Waals surface area contributed by atoms with Gasteiger partial charge >= 0.3 is 8.56 Å². The number of rotatable bonds is 12. The summed E-state index contributed by atoms with van der Waals surface area (Å²) in [6, 6.07) is 1.11. The fourth-order valence-electron chi connectivity index (χ4n) is 1.95. The molecule has 0 aliphatic carbocycles. The summed E-state index contributed by atoms with van der Waals surface area (Å²) in [4.78, 5) is 0. The molecule has 0 aromatic carbocycles. The third-order valence-corrected chi connectivity index (χ3v) is 5.84. The zero-order valence-corrected chi connectivity index (χ0v) is 12.8. The van der Waals surface area contributed by atoms with Gasteiger partial charge in [0.05, 0.1) is 0 Å². The molecule has 17 heavy (non-hydrogen) atoms. The van der Waals surface area contributed by atoms with Gasteiger partial charge in [0.15, 0.2) is 0 Å². The second-order valence-corrected chi connectivity index (χ2v) is 7.71. The first kappa shape index (κ1) is 17.1. The maximum atomic E-state index is 5.80. The zero-order valence-electron chi connectivity index (χ0n) is 11.8. The first-order valence-electron chi connectivity index (χ1n) is 6.87. The van der Waals surface area contributed by atoms with Gasteiger partial charge in [0.1, 0.15) is 0 Å². The normalized spacial score (nSPS) is 12.0. The van der Waals surface area contributed by atoms with E-state index in [9.17, 15) is 0 Å². The fraction of sp³-hybridized carbons (Fsp3) is 1.00. The third-order valence-electron chi connectivity index (χ3n) is 2.78. The Morgan fingerprint density at radius 3 is 2.12 bits per heavy atom. The van der Waals surface area contributed by atoms with E-state index in [4.69, 9.17) is 14.6 Å². The molecular weight excluding hydrogens is 232 g/mol. The smallest absolute Gasteiger partial charge is 0.334 e. The molecule has 3 N–H and O–H groups in total. The average Bonchev–Trinajstić information content (AvgIpc) is 2.28. The standard InChI is InChI=1S/C12H30N2O2Si/c1-4-15-17(3,16-5-2)11-9-7-6-8-10-14-12-13/h14H,4-13H2,1-3H3. The van der Waals surface area contributed by atoms with E-state index in [2.05, 4.69) is 11.9 Å². The average molecular weight is 262 g/mol. The first-order valence-corrected chi connectivity index (χ1v) is 9.39. The second kappa shape index (κ2) is 11.2. The van der Waals surface area contributed by atoms with Crippen molar-refractivity contribution in [2.45, 2.75) is 52.1 Å². The molecule has 0 aliphatic rings. The van der Waals surface area contributed by atoms with Gasteiger partial charge in [-0.15, -0.1) is 0 Å². The van der Waals surface area contributed by atoms with E-state index in [0.717, 1.165) is 25.8 Å². The van der Waals surface area contributed by atoms with Crippen LogP contribution in [0.5, 0.6) is 0 Å². The number of hydrogen-bond donors (Lipinski definition) is 2. The minimum atomic E-state index is -1.86. The Bertz CT molecular complexity index is 165. The number of unbranched alkanes of at least 4 members (excludes halogenated alkanes) is 3. The lowest BCUT2D eigenvalue weighted by molar-refractivity contribution is 0.188. The summed E-state index contributed by atoms with van der Waals surface area (Å²) in [6.45, 7) is 9.41. The molecular formula is C12H30N2O2Si. The van der Waals surface area contributed by atoms with Gasteiger partial charge in [-0.3, -0.25) is 0 Å². The van der Waals surface area contributed by atoms with Crippen LogP contribution in [-0.2, 0) is 8.85 Å². The van der Waals surface area contributed by atoms with Crippen molar-refractivity contribution >= 4 is 8.56 Å². The van der Waals surface area contributed by atoms with Gasteiger partial charge in [-0.1, -0.05) is 19.3 Å². The Morgan fingerprint density at radius 1 is 1.00 bits per heavy atom. The highest BCUT2D eigenvalue weighted by molar-refractivity contribution is 6.66. The first-order chi connectivity index (χ1) is 8.18. The molecule has 5 heteroatoms. The van der Waals surface area contributed by atoms with Crippen LogP contribution in [-0.4, -0.2) is 35.0 Å². The lowest BCUT2D eigenvalue weighted by atomic mass is 10.2. The predicted octanol–water partition coefficient (Wildman–Crippen LogP) is 2.20. The molecule has 0 fully saturated rings. The van der Waals surface area contributed by atoms with Crippen LogP contribution < -0.4 is 11.1 Å². The van der Waals surface area contributed by atoms with Gasteiger partial charge in [0.2, 0.25) is 0 Å². The van der Waals surface area contributed by atoms with Crippen molar-refractivity contribution in [3.05, 3.63) is 0 Å². The van der Waals surface area contributed by atoms with Crippen LogP contribution in [0.2, 0.25) is 12.6 Å². The van der Waals surface area contributed by atoms with Gasteiger partial charge < -0.3 is 19.9 Å². The second-order valence-electron chi connectivity index (χ2n) is 4.37. The molecule has 0 heterocycles. The van der Waals surface area contributed by atoms with Crippen LogP contribution in [0, 0.1) is 0 Å². The summed E-state index contributed by atoms with van der Waals surface area (Å²) < 4.78 is 11.6. The monoisotopic (exact) mass is 262 g/mol. The molecule has 0 aliphatic heterocycles. The van der Waals surface area contributed by atoms with Crippen LogP contribution >= 0.6 is 0 Å². The maximum absolute atomic E-state index is 5.80. The van der Waals surface area contributed by atoms with Crippen molar-refractivity contribution in [3.8, 4) is 0 Å².